The van der Waals surface area contributed by atoms with Crippen LogP contribution in [0.5, 0.6) is 11.5 Å². The molecule has 122 valence electrons. The van der Waals surface area contributed by atoms with Gasteiger partial charge >= 0.3 is 5.97 Å². The van der Waals surface area contributed by atoms with Crippen LogP contribution in [0.1, 0.15) is 27.0 Å². The Morgan fingerprint density at radius 3 is 2.26 bits per heavy atom. The number of hydrogen-bond acceptors (Lipinski definition) is 3. The average molecular weight is 335 g/mol. The molecule has 0 bridgehead atoms. The molecule has 2 rings (SSSR count). The summed E-state index contributed by atoms with van der Waals surface area (Å²) >= 11 is 6.11. The highest BCUT2D eigenvalue weighted by atomic mass is 35.5. The molecule has 0 atom stereocenters. The highest BCUT2D eigenvalue weighted by Gasteiger charge is 2.11. The zero-order chi connectivity index (χ0) is 17.0. The number of aromatic carboxylic acids is 1. The van der Waals surface area contributed by atoms with Gasteiger partial charge in [0.1, 0.15) is 30.3 Å². The van der Waals surface area contributed by atoms with Crippen molar-refractivity contribution in [3.63, 3.8) is 0 Å². The third-order valence-electron chi connectivity index (χ3n) is 3.39. The van der Waals surface area contributed by atoms with Crippen molar-refractivity contribution in [3.8, 4) is 11.5 Å². The molecular formula is C18H19ClO4. The minimum Gasteiger partial charge on any atom is -0.490 e. The molecule has 0 heterocycles. The van der Waals surface area contributed by atoms with Crippen LogP contribution in [0.4, 0.5) is 0 Å². The zero-order valence-corrected chi connectivity index (χ0v) is 14.1. The molecule has 0 saturated carbocycles. The first-order valence-corrected chi connectivity index (χ1v) is 7.62. The lowest BCUT2D eigenvalue weighted by molar-refractivity contribution is 0.0691. The summed E-state index contributed by atoms with van der Waals surface area (Å²) < 4.78 is 11.2. The highest BCUT2D eigenvalue weighted by Crippen LogP contribution is 2.26. The summed E-state index contributed by atoms with van der Waals surface area (Å²) in [6.07, 6.45) is 0. The summed E-state index contributed by atoms with van der Waals surface area (Å²) in [7, 11) is 0. The third-order valence-corrected chi connectivity index (χ3v) is 3.98. The lowest BCUT2D eigenvalue weighted by Crippen LogP contribution is -2.11. The summed E-state index contributed by atoms with van der Waals surface area (Å²) in [6.45, 7) is 6.25. The van der Waals surface area contributed by atoms with E-state index in [2.05, 4.69) is 0 Å². The van der Waals surface area contributed by atoms with Crippen molar-refractivity contribution in [1.29, 1.82) is 0 Å². The van der Waals surface area contributed by atoms with Crippen LogP contribution in [0.3, 0.4) is 0 Å². The smallest absolute Gasteiger partial charge is 0.339 e. The van der Waals surface area contributed by atoms with Crippen LogP contribution in [0, 0.1) is 20.8 Å². The number of rotatable bonds is 6. The van der Waals surface area contributed by atoms with Crippen LogP contribution in [0.25, 0.3) is 0 Å². The number of benzene rings is 2. The lowest BCUT2D eigenvalue weighted by Gasteiger charge is -2.12. The van der Waals surface area contributed by atoms with E-state index >= 15 is 0 Å². The zero-order valence-electron chi connectivity index (χ0n) is 13.4. The second-order valence-corrected chi connectivity index (χ2v) is 5.75. The Bertz CT molecular complexity index is 702. The van der Waals surface area contributed by atoms with Crippen molar-refractivity contribution >= 4 is 17.6 Å². The van der Waals surface area contributed by atoms with E-state index in [0.29, 0.717) is 12.4 Å². The van der Waals surface area contributed by atoms with Gasteiger partial charge in [-0.1, -0.05) is 23.2 Å². The van der Waals surface area contributed by atoms with E-state index in [4.69, 9.17) is 21.1 Å². The molecule has 0 fully saturated rings. The lowest BCUT2D eigenvalue weighted by atomic mass is 10.1. The van der Waals surface area contributed by atoms with Crippen LogP contribution < -0.4 is 9.47 Å². The summed E-state index contributed by atoms with van der Waals surface area (Å²) in [6, 6.07) is 8.79. The van der Waals surface area contributed by atoms with Crippen LogP contribution in [0.15, 0.2) is 30.3 Å². The largest absolute Gasteiger partial charge is 0.490 e. The van der Waals surface area contributed by atoms with Gasteiger partial charge in [-0.05, 0) is 56.2 Å². The van der Waals surface area contributed by atoms with Gasteiger partial charge in [-0.15, -0.1) is 0 Å². The molecule has 4 nitrogen and oxygen atoms in total. The van der Waals surface area contributed by atoms with E-state index in [1.165, 1.54) is 0 Å². The van der Waals surface area contributed by atoms with E-state index in [1.54, 1.807) is 12.1 Å². The quantitative estimate of drug-likeness (QED) is 0.794. The summed E-state index contributed by atoms with van der Waals surface area (Å²) in [5.74, 6) is 0.0547. The number of halogens is 1. The van der Waals surface area contributed by atoms with Crippen LogP contribution in [0.2, 0.25) is 5.02 Å². The Labute approximate surface area is 140 Å². The SMILES string of the molecule is Cc1ccc(OCCOc2cc(C)c(Cl)c(C)c2)c(C(=O)O)c1. The molecule has 0 spiro atoms. The van der Waals surface area contributed by atoms with E-state index in [0.717, 1.165) is 27.5 Å². The number of ether oxygens (including phenoxy) is 2. The van der Waals surface area contributed by atoms with Gasteiger partial charge in [0.25, 0.3) is 0 Å². The van der Waals surface area contributed by atoms with Gasteiger partial charge in [-0.25, -0.2) is 4.79 Å². The van der Waals surface area contributed by atoms with E-state index < -0.39 is 5.97 Å². The fraction of sp³-hybridized carbons (Fsp3) is 0.278. The Morgan fingerprint density at radius 1 is 1.04 bits per heavy atom. The fourth-order valence-electron chi connectivity index (χ4n) is 2.24. The number of carboxylic acids is 1. The molecule has 23 heavy (non-hydrogen) atoms. The van der Waals surface area contributed by atoms with E-state index in [9.17, 15) is 9.90 Å². The topological polar surface area (TPSA) is 55.8 Å². The Hall–Kier alpha value is -2.20. The molecule has 0 amide bonds. The van der Waals surface area contributed by atoms with E-state index in [1.807, 2.05) is 39.0 Å². The second kappa shape index (κ2) is 7.38. The summed E-state index contributed by atoms with van der Waals surface area (Å²) in [4.78, 5) is 11.2. The maximum Gasteiger partial charge on any atom is 0.339 e. The molecule has 2 aromatic rings. The van der Waals surface area contributed by atoms with Gasteiger partial charge in [0.05, 0.1) is 0 Å². The first-order chi connectivity index (χ1) is 10.9. The minimum absolute atomic E-state index is 0.156. The summed E-state index contributed by atoms with van der Waals surface area (Å²) in [5, 5.41) is 9.92. The van der Waals surface area contributed by atoms with Crippen LogP contribution >= 0.6 is 11.6 Å². The monoisotopic (exact) mass is 334 g/mol. The van der Waals surface area contributed by atoms with Gasteiger partial charge in [0, 0.05) is 5.02 Å². The molecule has 0 aliphatic carbocycles. The normalized spacial score (nSPS) is 10.4. The maximum absolute atomic E-state index is 11.2. The van der Waals surface area contributed by atoms with Crippen molar-refractivity contribution in [2.24, 2.45) is 0 Å². The predicted octanol–water partition coefficient (Wildman–Crippen LogP) is 4.42. The van der Waals surface area contributed by atoms with Crippen molar-refractivity contribution in [2.75, 3.05) is 13.2 Å². The third kappa shape index (κ3) is 4.39. The molecule has 0 saturated heterocycles. The molecule has 0 aliphatic heterocycles. The molecule has 0 aliphatic rings. The first kappa shape index (κ1) is 17.2. The van der Waals surface area contributed by atoms with Gasteiger partial charge < -0.3 is 14.6 Å². The fourth-order valence-corrected chi connectivity index (χ4v) is 2.35. The molecule has 0 aromatic heterocycles. The number of carbonyl (C=O) groups is 1. The predicted molar refractivity (Wildman–Crippen MR) is 90.1 cm³/mol. The first-order valence-electron chi connectivity index (χ1n) is 7.25. The molecule has 2 aromatic carbocycles. The maximum atomic E-state index is 11.2. The van der Waals surface area contributed by atoms with Crippen molar-refractivity contribution < 1.29 is 19.4 Å². The molecule has 5 heteroatoms. The number of carboxylic acid groups (broad SMARTS) is 1. The van der Waals surface area contributed by atoms with Crippen molar-refractivity contribution in [3.05, 3.63) is 57.6 Å². The van der Waals surface area contributed by atoms with Crippen molar-refractivity contribution in [2.45, 2.75) is 20.8 Å². The van der Waals surface area contributed by atoms with Gasteiger partial charge in [-0.3, -0.25) is 0 Å². The standard InChI is InChI=1S/C18H19ClO4/c1-11-4-5-16(15(8-11)18(20)21)23-7-6-22-14-9-12(2)17(19)13(3)10-14/h4-5,8-10H,6-7H2,1-3H3,(H,20,21). The minimum atomic E-state index is -1.01. The number of hydrogen-bond donors (Lipinski definition) is 1. The van der Waals surface area contributed by atoms with Crippen LogP contribution in [-0.4, -0.2) is 24.3 Å². The van der Waals surface area contributed by atoms with Gasteiger partial charge in [0.2, 0.25) is 0 Å². The van der Waals surface area contributed by atoms with Gasteiger partial charge in [0.15, 0.2) is 0 Å². The van der Waals surface area contributed by atoms with Gasteiger partial charge in [-0.2, -0.15) is 0 Å². The average Bonchev–Trinajstić information content (AvgIpc) is 2.50. The molecule has 1 N–H and O–H groups in total. The van der Waals surface area contributed by atoms with Crippen molar-refractivity contribution in [1.82, 2.24) is 0 Å². The Balaban J connectivity index is 1.95. The summed E-state index contributed by atoms with van der Waals surface area (Å²) in [5.41, 5.74) is 2.94. The second-order valence-electron chi connectivity index (χ2n) is 5.37. The Kier molecular flexibility index (Phi) is 5.50. The highest BCUT2D eigenvalue weighted by molar-refractivity contribution is 6.32. The molecular weight excluding hydrogens is 316 g/mol. The molecule has 0 unspecified atom stereocenters. The van der Waals surface area contributed by atoms with Crippen LogP contribution in [-0.2, 0) is 0 Å². The Morgan fingerprint density at radius 2 is 1.65 bits per heavy atom. The molecule has 0 radical (unpaired) electrons. The number of aryl methyl sites for hydroxylation is 3. The van der Waals surface area contributed by atoms with E-state index in [-0.39, 0.29) is 12.2 Å².